The van der Waals surface area contributed by atoms with Crippen LogP contribution < -0.4 is 0 Å². The molecule has 0 saturated carbocycles. The van der Waals surface area contributed by atoms with E-state index in [9.17, 15) is 15.0 Å². The van der Waals surface area contributed by atoms with Gasteiger partial charge in [-0.1, -0.05) is 37.3 Å². The van der Waals surface area contributed by atoms with Crippen molar-refractivity contribution in [1.82, 2.24) is 9.88 Å². The van der Waals surface area contributed by atoms with Crippen LogP contribution in [0.1, 0.15) is 23.0 Å². The van der Waals surface area contributed by atoms with Crippen LogP contribution in [0.4, 0.5) is 0 Å². The van der Waals surface area contributed by atoms with Gasteiger partial charge in [-0.2, -0.15) is 0 Å². The standard InChI is InChI=1S/C17H20N2O3/c1-13(12-20)10-19(11-14-6-3-2-4-7-14)17(22)16-15(21)8-5-9-18-16/h2-9,13,20-21H,10-12H2,1H3. The van der Waals surface area contributed by atoms with Crippen LogP contribution in [0, 0.1) is 5.92 Å². The molecular weight excluding hydrogens is 280 g/mol. The van der Waals surface area contributed by atoms with Crippen molar-refractivity contribution < 1.29 is 15.0 Å². The van der Waals surface area contributed by atoms with Crippen LogP contribution in [0.15, 0.2) is 48.7 Å². The minimum atomic E-state index is -0.345. The molecule has 1 unspecified atom stereocenters. The molecule has 0 spiro atoms. The minimum absolute atomic E-state index is 0.00717. The van der Waals surface area contributed by atoms with Gasteiger partial charge in [0.25, 0.3) is 5.91 Å². The Balaban J connectivity index is 2.23. The van der Waals surface area contributed by atoms with Crippen LogP contribution in [0.5, 0.6) is 5.75 Å². The molecule has 0 aliphatic heterocycles. The molecule has 2 N–H and O–H groups in total. The van der Waals surface area contributed by atoms with Crippen LogP contribution in [0.2, 0.25) is 0 Å². The Morgan fingerprint density at radius 3 is 2.59 bits per heavy atom. The van der Waals surface area contributed by atoms with Gasteiger partial charge in [0.15, 0.2) is 5.69 Å². The van der Waals surface area contributed by atoms with Gasteiger partial charge in [0.1, 0.15) is 5.75 Å². The van der Waals surface area contributed by atoms with Crippen molar-refractivity contribution in [2.45, 2.75) is 13.5 Å². The topological polar surface area (TPSA) is 73.7 Å². The number of rotatable bonds is 6. The normalized spacial score (nSPS) is 11.9. The second kappa shape index (κ2) is 7.56. The summed E-state index contributed by atoms with van der Waals surface area (Å²) in [5.41, 5.74) is 1.01. The molecule has 0 bridgehead atoms. The van der Waals surface area contributed by atoms with Gasteiger partial charge < -0.3 is 15.1 Å². The van der Waals surface area contributed by atoms with Crippen LogP contribution in [0.3, 0.4) is 0 Å². The molecule has 0 fully saturated rings. The van der Waals surface area contributed by atoms with E-state index in [4.69, 9.17) is 0 Å². The number of hydrogen-bond donors (Lipinski definition) is 2. The van der Waals surface area contributed by atoms with Crippen molar-refractivity contribution in [3.05, 3.63) is 59.9 Å². The number of benzene rings is 1. The van der Waals surface area contributed by atoms with E-state index in [2.05, 4.69) is 4.98 Å². The number of aliphatic hydroxyl groups is 1. The van der Waals surface area contributed by atoms with E-state index in [1.165, 1.54) is 12.3 Å². The van der Waals surface area contributed by atoms with Crippen molar-refractivity contribution in [3.63, 3.8) is 0 Å². The first-order chi connectivity index (χ1) is 10.6. The fourth-order valence-electron chi connectivity index (χ4n) is 2.17. The zero-order valence-electron chi connectivity index (χ0n) is 12.5. The molecule has 2 rings (SSSR count). The summed E-state index contributed by atoms with van der Waals surface area (Å²) in [4.78, 5) is 18.2. The largest absolute Gasteiger partial charge is 0.505 e. The summed E-state index contributed by atoms with van der Waals surface area (Å²) in [5.74, 6) is -0.539. The molecule has 0 aliphatic rings. The van der Waals surface area contributed by atoms with Crippen LogP contribution in [-0.2, 0) is 6.54 Å². The van der Waals surface area contributed by atoms with E-state index in [1.807, 2.05) is 37.3 Å². The molecule has 5 heteroatoms. The number of aliphatic hydroxyl groups excluding tert-OH is 1. The maximum atomic E-state index is 12.6. The molecule has 0 saturated heterocycles. The Kier molecular flexibility index (Phi) is 5.49. The predicted molar refractivity (Wildman–Crippen MR) is 83.3 cm³/mol. The monoisotopic (exact) mass is 300 g/mol. The molecule has 116 valence electrons. The lowest BCUT2D eigenvalue weighted by molar-refractivity contribution is 0.0685. The first-order valence-electron chi connectivity index (χ1n) is 7.20. The molecule has 0 radical (unpaired) electrons. The molecule has 2 aromatic rings. The Bertz CT molecular complexity index is 616. The van der Waals surface area contributed by atoms with Gasteiger partial charge >= 0.3 is 0 Å². The highest BCUT2D eigenvalue weighted by Crippen LogP contribution is 2.18. The summed E-state index contributed by atoms with van der Waals surface area (Å²) >= 11 is 0. The van der Waals surface area contributed by atoms with Gasteiger partial charge in [-0.25, -0.2) is 4.98 Å². The van der Waals surface area contributed by atoms with E-state index in [1.54, 1.807) is 11.0 Å². The molecular formula is C17H20N2O3. The highest BCUT2D eigenvalue weighted by molar-refractivity contribution is 5.94. The average Bonchev–Trinajstić information content (AvgIpc) is 2.55. The fourth-order valence-corrected chi connectivity index (χ4v) is 2.17. The summed E-state index contributed by atoms with van der Waals surface area (Å²) in [6.07, 6.45) is 1.48. The second-order valence-electron chi connectivity index (χ2n) is 5.33. The maximum Gasteiger partial charge on any atom is 0.276 e. The number of carbonyl (C=O) groups excluding carboxylic acids is 1. The third-order valence-corrected chi connectivity index (χ3v) is 3.34. The number of carbonyl (C=O) groups is 1. The van der Waals surface area contributed by atoms with Crippen molar-refractivity contribution >= 4 is 5.91 Å². The molecule has 1 heterocycles. The third-order valence-electron chi connectivity index (χ3n) is 3.34. The number of aromatic nitrogens is 1. The summed E-state index contributed by atoms with van der Waals surface area (Å²) in [6, 6.07) is 12.6. The summed E-state index contributed by atoms with van der Waals surface area (Å²) in [5, 5.41) is 19.1. The molecule has 1 aromatic heterocycles. The van der Waals surface area contributed by atoms with E-state index >= 15 is 0 Å². The minimum Gasteiger partial charge on any atom is -0.505 e. The molecule has 0 aliphatic carbocycles. The SMILES string of the molecule is CC(CO)CN(Cc1ccccc1)C(=O)c1ncccc1O. The number of amides is 1. The lowest BCUT2D eigenvalue weighted by Gasteiger charge is -2.25. The first-order valence-corrected chi connectivity index (χ1v) is 7.20. The van der Waals surface area contributed by atoms with E-state index in [0.29, 0.717) is 13.1 Å². The lowest BCUT2D eigenvalue weighted by Crippen LogP contribution is -2.35. The fraction of sp³-hybridized carbons (Fsp3) is 0.294. The van der Waals surface area contributed by atoms with Gasteiger partial charge in [0.05, 0.1) is 0 Å². The lowest BCUT2D eigenvalue weighted by atomic mass is 10.1. The van der Waals surface area contributed by atoms with Gasteiger partial charge in [0, 0.05) is 25.9 Å². The average molecular weight is 300 g/mol. The zero-order valence-corrected chi connectivity index (χ0v) is 12.5. The number of nitrogens with zero attached hydrogens (tertiary/aromatic N) is 2. The number of pyridine rings is 1. The number of aromatic hydroxyl groups is 1. The van der Waals surface area contributed by atoms with E-state index in [-0.39, 0.29) is 29.9 Å². The molecule has 5 nitrogen and oxygen atoms in total. The van der Waals surface area contributed by atoms with Gasteiger partial charge in [0.2, 0.25) is 0 Å². The van der Waals surface area contributed by atoms with Crippen molar-refractivity contribution in [2.75, 3.05) is 13.2 Å². The first kappa shape index (κ1) is 16.0. The van der Waals surface area contributed by atoms with Crippen LogP contribution in [0.25, 0.3) is 0 Å². The zero-order chi connectivity index (χ0) is 15.9. The summed E-state index contributed by atoms with van der Waals surface area (Å²) in [6.45, 7) is 2.65. The summed E-state index contributed by atoms with van der Waals surface area (Å²) < 4.78 is 0. The Morgan fingerprint density at radius 1 is 1.23 bits per heavy atom. The smallest absolute Gasteiger partial charge is 0.276 e. The highest BCUT2D eigenvalue weighted by atomic mass is 16.3. The van der Waals surface area contributed by atoms with E-state index < -0.39 is 0 Å². The van der Waals surface area contributed by atoms with E-state index in [0.717, 1.165) is 5.56 Å². The summed E-state index contributed by atoms with van der Waals surface area (Å²) in [7, 11) is 0. The van der Waals surface area contributed by atoms with Crippen molar-refractivity contribution in [2.24, 2.45) is 5.92 Å². The Hall–Kier alpha value is -2.40. The van der Waals surface area contributed by atoms with Gasteiger partial charge in [-0.3, -0.25) is 4.79 Å². The van der Waals surface area contributed by atoms with Gasteiger partial charge in [-0.05, 0) is 23.6 Å². The maximum absolute atomic E-state index is 12.6. The third kappa shape index (κ3) is 4.05. The highest BCUT2D eigenvalue weighted by Gasteiger charge is 2.22. The second-order valence-corrected chi connectivity index (χ2v) is 5.33. The van der Waals surface area contributed by atoms with Gasteiger partial charge in [-0.15, -0.1) is 0 Å². The van der Waals surface area contributed by atoms with Crippen molar-refractivity contribution in [3.8, 4) is 5.75 Å². The molecule has 22 heavy (non-hydrogen) atoms. The molecule has 1 aromatic carbocycles. The van der Waals surface area contributed by atoms with Crippen LogP contribution >= 0.6 is 0 Å². The Labute approximate surface area is 129 Å². The predicted octanol–water partition coefficient (Wildman–Crippen LogP) is 2.06. The van der Waals surface area contributed by atoms with Crippen LogP contribution in [-0.4, -0.2) is 39.2 Å². The number of hydrogen-bond acceptors (Lipinski definition) is 4. The molecule has 1 amide bonds. The quantitative estimate of drug-likeness (QED) is 0.856. The molecule has 1 atom stereocenters. The Morgan fingerprint density at radius 2 is 1.95 bits per heavy atom. The van der Waals surface area contributed by atoms with Crippen molar-refractivity contribution in [1.29, 1.82) is 0 Å².